The molecule has 0 bridgehead atoms. The lowest BCUT2D eigenvalue weighted by molar-refractivity contribution is 0.624. The third-order valence-electron chi connectivity index (χ3n) is 4.76. The molecule has 28 heavy (non-hydrogen) atoms. The Bertz CT molecular complexity index is 957. The maximum Gasteiger partial charge on any atom is 0.159 e. The third-order valence-corrected chi connectivity index (χ3v) is 5.09. The first-order chi connectivity index (χ1) is 13.6. The lowest BCUT2D eigenvalue weighted by Gasteiger charge is -2.37. The molecule has 0 spiro atoms. The van der Waals surface area contributed by atoms with Gasteiger partial charge in [0, 0.05) is 31.9 Å². The minimum absolute atomic E-state index is 0.227. The van der Waals surface area contributed by atoms with Crippen LogP contribution in [0, 0.1) is 5.82 Å². The number of hydrogen-bond donors (Lipinski definition) is 2. The molecule has 1 fully saturated rings. The fraction of sp³-hybridized carbons (Fsp3) is 0.200. The maximum atomic E-state index is 13.1. The fourth-order valence-corrected chi connectivity index (χ4v) is 3.44. The Morgan fingerprint density at radius 2 is 1.61 bits per heavy atom. The summed E-state index contributed by atoms with van der Waals surface area (Å²) >= 11 is 6.21. The van der Waals surface area contributed by atoms with E-state index in [0.717, 1.165) is 37.6 Å². The van der Waals surface area contributed by atoms with Gasteiger partial charge in [0.25, 0.3) is 0 Å². The number of nitrogens with one attached hydrogen (secondary N) is 1. The summed E-state index contributed by atoms with van der Waals surface area (Å²) in [5.41, 5.74) is 8.58. The molecule has 0 saturated carbocycles. The van der Waals surface area contributed by atoms with Crippen LogP contribution in [-0.2, 0) is 0 Å². The monoisotopic (exact) mass is 398 g/mol. The summed E-state index contributed by atoms with van der Waals surface area (Å²) in [6, 6.07) is 14.0. The van der Waals surface area contributed by atoms with Crippen LogP contribution in [0.4, 0.5) is 33.1 Å². The molecule has 0 amide bonds. The maximum absolute atomic E-state index is 13.1. The summed E-state index contributed by atoms with van der Waals surface area (Å²) < 4.78 is 13.1. The second-order valence-electron chi connectivity index (χ2n) is 6.51. The smallest absolute Gasteiger partial charge is 0.159 e. The topological polar surface area (TPSA) is 70.3 Å². The molecule has 3 N–H and O–H groups in total. The highest BCUT2D eigenvalue weighted by molar-refractivity contribution is 6.33. The van der Waals surface area contributed by atoms with E-state index in [1.165, 1.54) is 18.5 Å². The van der Waals surface area contributed by atoms with Crippen molar-refractivity contribution in [2.24, 2.45) is 0 Å². The Morgan fingerprint density at radius 1 is 0.929 bits per heavy atom. The van der Waals surface area contributed by atoms with Crippen LogP contribution in [0.5, 0.6) is 0 Å². The van der Waals surface area contributed by atoms with Crippen molar-refractivity contribution in [3.8, 4) is 0 Å². The molecular formula is C20H20ClFN6. The van der Waals surface area contributed by atoms with E-state index in [-0.39, 0.29) is 5.82 Å². The molecule has 1 aromatic heterocycles. The highest BCUT2D eigenvalue weighted by atomic mass is 35.5. The first-order valence-corrected chi connectivity index (χ1v) is 9.37. The van der Waals surface area contributed by atoms with E-state index in [2.05, 4.69) is 25.1 Å². The molecule has 3 aromatic rings. The average Bonchev–Trinajstić information content (AvgIpc) is 2.72. The summed E-state index contributed by atoms with van der Waals surface area (Å²) in [6.07, 6.45) is 1.50. The van der Waals surface area contributed by atoms with Gasteiger partial charge in [0.05, 0.1) is 10.7 Å². The number of halogens is 2. The summed E-state index contributed by atoms with van der Waals surface area (Å²) in [5.74, 6) is 0.997. The number of para-hydroxylation sites is 1. The van der Waals surface area contributed by atoms with Gasteiger partial charge in [0.15, 0.2) is 11.6 Å². The van der Waals surface area contributed by atoms with E-state index in [4.69, 9.17) is 17.3 Å². The van der Waals surface area contributed by atoms with Crippen LogP contribution < -0.4 is 20.9 Å². The molecule has 0 aliphatic carbocycles. The Labute approximate surface area is 167 Å². The predicted octanol–water partition coefficient (Wildman–Crippen LogP) is 3.92. The number of nitrogen functional groups attached to an aromatic ring is 1. The van der Waals surface area contributed by atoms with Gasteiger partial charge in [-0.05, 0) is 36.4 Å². The van der Waals surface area contributed by atoms with E-state index in [1.807, 2.05) is 18.2 Å². The highest BCUT2D eigenvalue weighted by Gasteiger charge is 2.21. The van der Waals surface area contributed by atoms with Crippen LogP contribution in [0.1, 0.15) is 0 Å². The number of rotatable bonds is 4. The molecule has 2 aromatic carbocycles. The number of anilines is 5. The fourth-order valence-electron chi connectivity index (χ4n) is 3.26. The Morgan fingerprint density at radius 3 is 2.32 bits per heavy atom. The molecule has 1 aliphatic rings. The van der Waals surface area contributed by atoms with Gasteiger partial charge < -0.3 is 20.9 Å². The van der Waals surface area contributed by atoms with E-state index in [9.17, 15) is 4.39 Å². The Balaban J connectivity index is 1.48. The zero-order valence-corrected chi connectivity index (χ0v) is 15.9. The van der Waals surface area contributed by atoms with Gasteiger partial charge in [0.1, 0.15) is 17.8 Å². The van der Waals surface area contributed by atoms with Crippen LogP contribution in [0.15, 0.2) is 54.9 Å². The first-order valence-electron chi connectivity index (χ1n) is 8.99. The summed E-state index contributed by atoms with van der Waals surface area (Å²) in [4.78, 5) is 13.0. The van der Waals surface area contributed by atoms with Gasteiger partial charge in [-0.3, -0.25) is 0 Å². The second-order valence-corrected chi connectivity index (χ2v) is 6.92. The predicted molar refractivity (Wildman–Crippen MR) is 112 cm³/mol. The lowest BCUT2D eigenvalue weighted by Crippen LogP contribution is -2.47. The summed E-state index contributed by atoms with van der Waals surface area (Å²) in [7, 11) is 0. The van der Waals surface area contributed by atoms with E-state index in [1.54, 1.807) is 18.2 Å². The number of piperazine rings is 1. The van der Waals surface area contributed by atoms with Crippen molar-refractivity contribution in [1.82, 2.24) is 9.97 Å². The number of nitrogens with zero attached hydrogens (tertiary/aromatic N) is 4. The SMILES string of the molecule is Nc1c(Nc2ccccc2Cl)ncnc1N1CCN(c2ccc(F)cc2)CC1. The van der Waals surface area contributed by atoms with Gasteiger partial charge in [-0.2, -0.15) is 0 Å². The van der Waals surface area contributed by atoms with Crippen molar-refractivity contribution >= 4 is 40.3 Å². The van der Waals surface area contributed by atoms with Gasteiger partial charge in [-0.1, -0.05) is 23.7 Å². The summed E-state index contributed by atoms with van der Waals surface area (Å²) in [5, 5.41) is 3.77. The molecule has 8 heteroatoms. The average molecular weight is 399 g/mol. The molecule has 6 nitrogen and oxygen atoms in total. The first kappa shape index (κ1) is 18.3. The summed E-state index contributed by atoms with van der Waals surface area (Å²) in [6.45, 7) is 3.10. The van der Waals surface area contributed by atoms with Crippen LogP contribution in [-0.4, -0.2) is 36.1 Å². The highest BCUT2D eigenvalue weighted by Crippen LogP contribution is 2.31. The molecule has 1 aliphatic heterocycles. The van der Waals surface area contributed by atoms with Crippen molar-refractivity contribution in [2.75, 3.05) is 47.0 Å². The zero-order valence-electron chi connectivity index (χ0n) is 15.1. The van der Waals surface area contributed by atoms with Gasteiger partial charge in [0.2, 0.25) is 0 Å². The van der Waals surface area contributed by atoms with Crippen molar-refractivity contribution in [3.05, 3.63) is 65.7 Å². The molecule has 144 valence electrons. The van der Waals surface area contributed by atoms with Crippen LogP contribution >= 0.6 is 11.6 Å². The normalized spacial score (nSPS) is 14.2. The van der Waals surface area contributed by atoms with Gasteiger partial charge in [-0.25, -0.2) is 14.4 Å². The molecule has 0 radical (unpaired) electrons. The largest absolute Gasteiger partial charge is 0.393 e. The van der Waals surface area contributed by atoms with Crippen molar-refractivity contribution in [3.63, 3.8) is 0 Å². The minimum atomic E-state index is -0.227. The Hall–Kier alpha value is -3.06. The number of aromatic nitrogens is 2. The molecular weight excluding hydrogens is 379 g/mol. The van der Waals surface area contributed by atoms with E-state index < -0.39 is 0 Å². The number of nitrogens with two attached hydrogens (primary N) is 1. The van der Waals surface area contributed by atoms with Crippen molar-refractivity contribution < 1.29 is 4.39 Å². The third kappa shape index (κ3) is 3.80. The number of benzene rings is 2. The molecule has 0 atom stereocenters. The van der Waals surface area contributed by atoms with E-state index >= 15 is 0 Å². The molecule has 0 unspecified atom stereocenters. The molecule has 2 heterocycles. The van der Waals surface area contributed by atoms with Crippen LogP contribution in [0.3, 0.4) is 0 Å². The zero-order chi connectivity index (χ0) is 19.5. The standard InChI is InChI=1S/C20H20ClFN6/c21-16-3-1-2-4-17(16)26-19-18(23)20(25-13-24-19)28-11-9-27(10-12-28)15-7-5-14(22)6-8-15/h1-8,13H,9-12,23H2,(H,24,25,26). The second kappa shape index (κ2) is 7.90. The number of hydrogen-bond acceptors (Lipinski definition) is 6. The Kier molecular flexibility index (Phi) is 5.16. The lowest BCUT2D eigenvalue weighted by atomic mass is 10.2. The van der Waals surface area contributed by atoms with Crippen LogP contribution in [0.25, 0.3) is 0 Å². The van der Waals surface area contributed by atoms with Crippen LogP contribution in [0.2, 0.25) is 5.02 Å². The molecule has 1 saturated heterocycles. The van der Waals surface area contributed by atoms with Gasteiger partial charge >= 0.3 is 0 Å². The van der Waals surface area contributed by atoms with Gasteiger partial charge in [-0.15, -0.1) is 0 Å². The van der Waals surface area contributed by atoms with E-state index in [0.29, 0.717) is 22.3 Å². The minimum Gasteiger partial charge on any atom is -0.393 e. The van der Waals surface area contributed by atoms with Crippen molar-refractivity contribution in [2.45, 2.75) is 0 Å². The molecule has 4 rings (SSSR count). The quantitative estimate of drug-likeness (QED) is 0.694. The van der Waals surface area contributed by atoms with Crippen molar-refractivity contribution in [1.29, 1.82) is 0 Å².